The van der Waals surface area contributed by atoms with Crippen molar-refractivity contribution in [3.8, 4) is 5.75 Å². The largest absolute Gasteiger partial charge is 0.508 e. The zero-order chi connectivity index (χ0) is 33.7. The predicted molar refractivity (Wildman–Crippen MR) is 174 cm³/mol. The van der Waals surface area contributed by atoms with E-state index in [4.69, 9.17) is 18.9 Å². The molecule has 48 heavy (non-hydrogen) atoms. The first-order valence-corrected chi connectivity index (χ1v) is 17.9. The first-order chi connectivity index (χ1) is 23.1. The third-order valence-corrected chi connectivity index (χ3v) is 13.1. The minimum Gasteiger partial charge on any atom is -0.508 e. The molecule has 1 aromatic carbocycles. The smallest absolute Gasteiger partial charge is 0.338 e. The van der Waals surface area contributed by atoms with E-state index in [2.05, 4.69) is 13.2 Å². The van der Waals surface area contributed by atoms with Gasteiger partial charge in [-0.05, 0) is 148 Å². The van der Waals surface area contributed by atoms with Gasteiger partial charge in [-0.25, -0.2) is 19.2 Å². The summed E-state index contributed by atoms with van der Waals surface area (Å²) in [5, 5.41) is 10.4. The van der Waals surface area contributed by atoms with Crippen LogP contribution in [0.5, 0.6) is 5.75 Å². The van der Waals surface area contributed by atoms with E-state index >= 15 is 0 Å². The molecule has 4 bridgehead atoms. The van der Waals surface area contributed by atoms with Crippen LogP contribution in [-0.2, 0) is 28.5 Å². The minimum atomic E-state index is -0.557. The van der Waals surface area contributed by atoms with Crippen molar-refractivity contribution < 1.29 is 43.2 Å². The zero-order valence-electron chi connectivity index (χ0n) is 27.9. The van der Waals surface area contributed by atoms with Crippen molar-refractivity contribution in [2.45, 2.75) is 58.3 Å². The zero-order valence-corrected chi connectivity index (χ0v) is 27.9. The van der Waals surface area contributed by atoms with Crippen molar-refractivity contribution in [3.63, 3.8) is 0 Å². The van der Waals surface area contributed by atoms with E-state index in [0.717, 1.165) is 44.9 Å². The van der Waals surface area contributed by atoms with Gasteiger partial charge in [0.1, 0.15) is 5.75 Å². The number of esters is 4. The Morgan fingerprint density at radius 2 is 1.15 bits per heavy atom. The fourth-order valence-electron chi connectivity index (χ4n) is 11.3. The Hall–Kier alpha value is -3.62. The van der Waals surface area contributed by atoms with E-state index in [1.807, 2.05) is 0 Å². The Labute approximate surface area is 282 Å². The maximum atomic E-state index is 13.1. The lowest BCUT2D eigenvalue weighted by atomic mass is 9.76. The van der Waals surface area contributed by atoms with Crippen molar-refractivity contribution in [3.05, 3.63) is 54.1 Å². The van der Waals surface area contributed by atoms with E-state index in [1.165, 1.54) is 30.7 Å². The highest BCUT2D eigenvalue weighted by Gasteiger charge is 2.57. The SMILES string of the molecule is C=CC(=O)OCC1CC2C3CC(CC3COC(=O)c3cc(O)cc(C(=O)OCC4CC5C6CC(CC6COC(=O)C(=C)C)[C@H]5C4)c3)[C@H]2C1. The van der Waals surface area contributed by atoms with Crippen LogP contribution >= 0.6 is 0 Å². The average molecular weight is 661 g/mol. The van der Waals surface area contributed by atoms with E-state index < -0.39 is 11.9 Å². The van der Waals surface area contributed by atoms with E-state index in [-0.39, 0.29) is 34.7 Å². The second kappa shape index (κ2) is 13.4. The summed E-state index contributed by atoms with van der Waals surface area (Å²) < 4.78 is 22.3. The number of ether oxygens (including phenoxy) is 4. The number of carbonyl (C=O) groups is 4. The molecule has 6 aliphatic carbocycles. The Balaban J connectivity index is 0.876. The fourth-order valence-corrected chi connectivity index (χ4v) is 11.3. The van der Waals surface area contributed by atoms with Gasteiger partial charge >= 0.3 is 23.9 Å². The highest BCUT2D eigenvalue weighted by Crippen LogP contribution is 2.63. The topological polar surface area (TPSA) is 125 Å². The lowest BCUT2D eigenvalue weighted by Gasteiger charge is -2.31. The Kier molecular flexibility index (Phi) is 9.16. The highest BCUT2D eigenvalue weighted by molar-refractivity contribution is 5.96. The number of phenols is 1. The van der Waals surface area contributed by atoms with Gasteiger partial charge in [0.15, 0.2) is 0 Å². The monoisotopic (exact) mass is 660 g/mol. The van der Waals surface area contributed by atoms with Crippen LogP contribution in [0, 0.1) is 71.0 Å². The van der Waals surface area contributed by atoms with Gasteiger partial charge < -0.3 is 24.1 Å². The summed E-state index contributed by atoms with van der Waals surface area (Å²) in [6, 6.07) is 4.12. The summed E-state index contributed by atoms with van der Waals surface area (Å²) in [5.41, 5.74) is 0.698. The lowest BCUT2D eigenvalue weighted by molar-refractivity contribution is -0.141. The van der Waals surface area contributed by atoms with Crippen LogP contribution in [0.4, 0.5) is 0 Å². The molecule has 0 heterocycles. The van der Waals surface area contributed by atoms with Gasteiger partial charge in [-0.15, -0.1) is 0 Å². The van der Waals surface area contributed by atoms with E-state index in [0.29, 0.717) is 97.1 Å². The maximum Gasteiger partial charge on any atom is 0.338 e. The summed E-state index contributed by atoms with van der Waals surface area (Å²) in [7, 11) is 0. The summed E-state index contributed by atoms with van der Waals surface area (Å²) >= 11 is 0. The average Bonchev–Trinajstić information content (AvgIpc) is 3.91. The standard InChI is InChI=1S/C39H48O9/c1-4-36(41)45-16-21-5-30-24-10-28(33(15-24)34(30)7-21)19-48-39(44)26-11-25(12-29(40)13-26)38(43)46-17-22-6-31-23-9-27(18-47-37(42)20(2)3)32(14-23)35(31)8-22/h4,11-13,21-24,27-28,30-35,40H,1-2,5-10,14-19H2,3H3/t21?,22?,23?,24?,27?,28?,30-,31-,32?,33?,34?,35?/m1/s1. The summed E-state index contributed by atoms with van der Waals surface area (Å²) in [5.74, 6) is 4.07. The second-order valence-electron chi connectivity index (χ2n) is 15.8. The maximum absolute atomic E-state index is 13.1. The minimum absolute atomic E-state index is 0.136. The quantitative estimate of drug-likeness (QED) is 0.160. The molecule has 6 saturated carbocycles. The number of fused-ring (bicyclic) bond motifs is 10. The number of rotatable bonds is 12. The van der Waals surface area contributed by atoms with Crippen LogP contribution in [0.3, 0.4) is 0 Å². The predicted octanol–water partition coefficient (Wildman–Crippen LogP) is 6.15. The molecule has 0 aliphatic heterocycles. The van der Waals surface area contributed by atoms with Crippen molar-refractivity contribution in [2.24, 2.45) is 71.0 Å². The molecule has 1 N–H and O–H groups in total. The number of aromatic hydroxyl groups is 1. The lowest BCUT2D eigenvalue weighted by Crippen LogP contribution is -2.28. The highest BCUT2D eigenvalue weighted by atomic mass is 16.5. The van der Waals surface area contributed by atoms with Crippen LogP contribution in [0.1, 0.15) is 79.0 Å². The van der Waals surface area contributed by atoms with E-state index in [1.54, 1.807) is 6.92 Å². The van der Waals surface area contributed by atoms with Crippen LogP contribution in [0.25, 0.3) is 0 Å². The number of phenolic OH excluding ortho intramolecular Hbond substituents is 1. The summed E-state index contributed by atoms with van der Waals surface area (Å²) in [6.07, 6.45) is 9.83. The molecule has 9 nitrogen and oxygen atoms in total. The van der Waals surface area contributed by atoms with Gasteiger partial charge in [-0.1, -0.05) is 13.2 Å². The first-order valence-electron chi connectivity index (χ1n) is 17.9. The molecule has 12 atom stereocenters. The van der Waals surface area contributed by atoms with Crippen molar-refractivity contribution in [2.75, 3.05) is 26.4 Å². The molecule has 10 unspecified atom stereocenters. The molecule has 0 aromatic heterocycles. The molecular formula is C39H48O9. The summed E-state index contributed by atoms with van der Waals surface area (Å²) in [4.78, 5) is 49.6. The van der Waals surface area contributed by atoms with Gasteiger partial charge in [-0.3, -0.25) is 0 Å². The van der Waals surface area contributed by atoms with Gasteiger partial charge in [0, 0.05) is 11.6 Å². The molecule has 1 aromatic rings. The third-order valence-electron chi connectivity index (χ3n) is 13.1. The molecule has 0 spiro atoms. The Bertz CT molecular complexity index is 1480. The molecule has 258 valence electrons. The van der Waals surface area contributed by atoms with Crippen LogP contribution in [-0.4, -0.2) is 55.4 Å². The van der Waals surface area contributed by atoms with Gasteiger partial charge in [0.05, 0.1) is 37.6 Å². The van der Waals surface area contributed by atoms with Gasteiger partial charge in [0.25, 0.3) is 0 Å². The molecule has 6 aliphatic rings. The van der Waals surface area contributed by atoms with Crippen molar-refractivity contribution in [1.29, 1.82) is 0 Å². The van der Waals surface area contributed by atoms with Gasteiger partial charge in [-0.2, -0.15) is 0 Å². The molecule has 0 radical (unpaired) electrons. The molecular weight excluding hydrogens is 612 g/mol. The third kappa shape index (κ3) is 6.41. The van der Waals surface area contributed by atoms with E-state index in [9.17, 15) is 24.3 Å². The normalized spacial score (nSPS) is 36.7. The number of hydrogen-bond donors (Lipinski definition) is 1. The molecule has 7 rings (SSSR count). The van der Waals surface area contributed by atoms with Crippen LogP contribution in [0.2, 0.25) is 0 Å². The van der Waals surface area contributed by atoms with Crippen molar-refractivity contribution >= 4 is 23.9 Å². The summed E-state index contributed by atoms with van der Waals surface area (Å²) in [6.45, 7) is 10.3. The number of hydrogen-bond acceptors (Lipinski definition) is 9. The first kappa shape index (κ1) is 32.9. The van der Waals surface area contributed by atoms with Crippen LogP contribution in [0.15, 0.2) is 43.0 Å². The van der Waals surface area contributed by atoms with Crippen LogP contribution < -0.4 is 0 Å². The molecule has 9 heteroatoms. The molecule has 0 saturated heterocycles. The number of benzene rings is 1. The molecule has 6 fully saturated rings. The van der Waals surface area contributed by atoms with Crippen molar-refractivity contribution in [1.82, 2.24) is 0 Å². The Morgan fingerprint density at radius 1 is 0.667 bits per heavy atom. The van der Waals surface area contributed by atoms with Gasteiger partial charge in [0.2, 0.25) is 0 Å². The fraction of sp³-hybridized carbons (Fsp3) is 0.641. The second-order valence-corrected chi connectivity index (χ2v) is 15.8. The number of carbonyl (C=O) groups excluding carboxylic acids is 4. The Morgan fingerprint density at radius 3 is 1.67 bits per heavy atom. The molecule has 0 amide bonds.